The summed E-state index contributed by atoms with van der Waals surface area (Å²) < 4.78 is 23.4. The van der Waals surface area contributed by atoms with Gasteiger partial charge in [0.25, 0.3) is 6.43 Å². The highest BCUT2D eigenvalue weighted by Gasteiger charge is 2.02. The van der Waals surface area contributed by atoms with Gasteiger partial charge in [-0.05, 0) is 11.6 Å². The van der Waals surface area contributed by atoms with E-state index < -0.39 is 12.5 Å². The molecule has 0 radical (unpaired) electrons. The molecule has 0 saturated carbocycles. The van der Waals surface area contributed by atoms with Crippen molar-refractivity contribution in [2.75, 3.05) is 0 Å². The average Bonchev–Trinajstić information content (AvgIpc) is 2.15. The van der Waals surface area contributed by atoms with Crippen LogP contribution in [0.2, 0.25) is 0 Å². The van der Waals surface area contributed by atoms with E-state index in [9.17, 15) is 13.9 Å². The van der Waals surface area contributed by atoms with Crippen molar-refractivity contribution >= 4 is 0 Å². The van der Waals surface area contributed by atoms with Gasteiger partial charge in [-0.25, -0.2) is 8.78 Å². The van der Waals surface area contributed by atoms with Crippen LogP contribution >= 0.6 is 0 Å². The average molecular weight is 184 g/mol. The Morgan fingerprint density at radius 3 is 2.23 bits per heavy atom. The van der Waals surface area contributed by atoms with Gasteiger partial charge in [0.15, 0.2) is 0 Å². The number of hydrogen-bond donors (Lipinski definition) is 1. The van der Waals surface area contributed by atoms with Gasteiger partial charge in [0, 0.05) is 0 Å². The van der Waals surface area contributed by atoms with Crippen molar-refractivity contribution in [2.24, 2.45) is 0 Å². The smallest absolute Gasteiger partial charge is 0.257 e. The van der Waals surface area contributed by atoms with E-state index in [0.717, 1.165) is 6.08 Å². The molecule has 1 nitrogen and oxygen atoms in total. The Balaban J connectivity index is 2.64. The lowest BCUT2D eigenvalue weighted by atomic mass is 10.1. The number of aliphatic hydroxyl groups is 1. The van der Waals surface area contributed by atoms with Crippen molar-refractivity contribution in [1.82, 2.24) is 0 Å². The molecule has 70 valence electrons. The van der Waals surface area contributed by atoms with Crippen molar-refractivity contribution in [1.29, 1.82) is 0 Å². The van der Waals surface area contributed by atoms with Crippen molar-refractivity contribution in [3.05, 3.63) is 48.0 Å². The summed E-state index contributed by atoms with van der Waals surface area (Å²) in [5, 5.41) is 9.35. The second kappa shape index (κ2) is 4.72. The molecule has 0 spiro atoms. The predicted molar refractivity (Wildman–Crippen MR) is 46.5 cm³/mol. The van der Waals surface area contributed by atoms with Gasteiger partial charge in [0.05, 0.1) is 6.10 Å². The van der Waals surface area contributed by atoms with Crippen LogP contribution in [-0.4, -0.2) is 11.5 Å². The van der Waals surface area contributed by atoms with Gasteiger partial charge in [0.1, 0.15) is 0 Å². The summed E-state index contributed by atoms with van der Waals surface area (Å²) in [5.41, 5.74) is 0.611. The third-order valence-corrected chi connectivity index (χ3v) is 1.58. The molecule has 0 aliphatic carbocycles. The molecular formula is C10H10F2O. The molecule has 3 heteroatoms. The molecule has 1 aromatic rings. The van der Waals surface area contributed by atoms with Crippen LogP contribution in [0, 0.1) is 0 Å². The van der Waals surface area contributed by atoms with Gasteiger partial charge in [-0.2, -0.15) is 0 Å². The SMILES string of the molecule is OC(/C=C/C(F)F)c1ccccc1. The Bertz CT molecular complexity index is 270. The number of alkyl halides is 2. The molecule has 1 N–H and O–H groups in total. The molecule has 0 aliphatic rings. The molecule has 0 saturated heterocycles. The number of halogens is 2. The van der Waals surface area contributed by atoms with E-state index in [1.165, 1.54) is 0 Å². The molecule has 0 heterocycles. The molecule has 13 heavy (non-hydrogen) atoms. The number of allylic oxidation sites excluding steroid dienone is 1. The van der Waals surface area contributed by atoms with Gasteiger partial charge in [-0.1, -0.05) is 36.4 Å². The minimum Gasteiger partial charge on any atom is -0.384 e. The zero-order valence-electron chi connectivity index (χ0n) is 6.90. The molecule has 0 bridgehead atoms. The molecular weight excluding hydrogens is 174 g/mol. The lowest BCUT2D eigenvalue weighted by molar-refractivity contribution is 0.195. The highest BCUT2D eigenvalue weighted by molar-refractivity contribution is 5.20. The summed E-state index contributed by atoms with van der Waals surface area (Å²) in [7, 11) is 0. The van der Waals surface area contributed by atoms with E-state index >= 15 is 0 Å². The largest absolute Gasteiger partial charge is 0.384 e. The molecule has 1 unspecified atom stereocenters. The quantitative estimate of drug-likeness (QED) is 0.716. The van der Waals surface area contributed by atoms with Crippen LogP contribution in [-0.2, 0) is 0 Å². The Hall–Kier alpha value is -1.22. The molecule has 0 aliphatic heterocycles. The standard InChI is InChI=1S/C10H10F2O/c11-10(12)7-6-9(13)8-4-2-1-3-5-8/h1-7,9-10,13H/b7-6+. The van der Waals surface area contributed by atoms with Gasteiger partial charge < -0.3 is 5.11 Å². The summed E-state index contributed by atoms with van der Waals surface area (Å²) in [6.07, 6.45) is -1.70. The Kier molecular flexibility index (Phi) is 3.58. The summed E-state index contributed by atoms with van der Waals surface area (Å²) in [5.74, 6) is 0. The maximum absolute atomic E-state index is 11.7. The first-order valence-corrected chi connectivity index (χ1v) is 3.89. The Morgan fingerprint density at radius 1 is 1.08 bits per heavy atom. The number of rotatable bonds is 3. The fourth-order valence-electron chi connectivity index (χ4n) is 0.951. The summed E-state index contributed by atoms with van der Waals surface area (Å²) in [4.78, 5) is 0. The monoisotopic (exact) mass is 184 g/mol. The summed E-state index contributed by atoms with van der Waals surface area (Å²) in [6.45, 7) is 0. The van der Waals surface area contributed by atoms with Crippen molar-refractivity contribution < 1.29 is 13.9 Å². The molecule has 1 rings (SSSR count). The first kappa shape index (κ1) is 9.86. The van der Waals surface area contributed by atoms with E-state index in [1.54, 1.807) is 30.3 Å². The molecule has 1 atom stereocenters. The zero-order chi connectivity index (χ0) is 9.68. The van der Waals surface area contributed by atoms with Crippen LogP contribution in [0.3, 0.4) is 0 Å². The van der Waals surface area contributed by atoms with E-state index in [0.29, 0.717) is 11.6 Å². The van der Waals surface area contributed by atoms with Crippen molar-refractivity contribution in [2.45, 2.75) is 12.5 Å². The second-order valence-corrected chi connectivity index (χ2v) is 2.57. The van der Waals surface area contributed by atoms with E-state index in [2.05, 4.69) is 0 Å². The van der Waals surface area contributed by atoms with Crippen LogP contribution in [0.5, 0.6) is 0 Å². The topological polar surface area (TPSA) is 20.2 Å². The van der Waals surface area contributed by atoms with Gasteiger partial charge in [0.2, 0.25) is 0 Å². The van der Waals surface area contributed by atoms with Crippen molar-refractivity contribution in [3.63, 3.8) is 0 Å². The minimum absolute atomic E-state index is 0.611. The fraction of sp³-hybridized carbons (Fsp3) is 0.200. The fourth-order valence-corrected chi connectivity index (χ4v) is 0.951. The molecule has 0 aromatic heterocycles. The maximum atomic E-state index is 11.7. The highest BCUT2D eigenvalue weighted by atomic mass is 19.3. The van der Waals surface area contributed by atoms with Gasteiger partial charge in [-0.3, -0.25) is 0 Å². The van der Waals surface area contributed by atoms with Crippen molar-refractivity contribution in [3.8, 4) is 0 Å². The predicted octanol–water partition coefficient (Wildman–Crippen LogP) is 2.54. The Morgan fingerprint density at radius 2 is 1.69 bits per heavy atom. The summed E-state index contributed by atoms with van der Waals surface area (Å²) >= 11 is 0. The molecule has 1 aromatic carbocycles. The van der Waals surface area contributed by atoms with Crippen LogP contribution in [0.15, 0.2) is 42.5 Å². The van der Waals surface area contributed by atoms with Crippen LogP contribution < -0.4 is 0 Å². The second-order valence-electron chi connectivity index (χ2n) is 2.57. The van der Waals surface area contributed by atoms with E-state index in [4.69, 9.17) is 0 Å². The highest BCUT2D eigenvalue weighted by Crippen LogP contribution is 2.13. The third kappa shape index (κ3) is 3.34. The Labute approximate surface area is 75.3 Å². The minimum atomic E-state index is -2.52. The lowest BCUT2D eigenvalue weighted by Crippen LogP contribution is -1.93. The van der Waals surface area contributed by atoms with E-state index in [-0.39, 0.29) is 0 Å². The van der Waals surface area contributed by atoms with E-state index in [1.807, 2.05) is 0 Å². The van der Waals surface area contributed by atoms with Gasteiger partial charge >= 0.3 is 0 Å². The van der Waals surface area contributed by atoms with Gasteiger partial charge in [-0.15, -0.1) is 0 Å². The molecule has 0 amide bonds. The van der Waals surface area contributed by atoms with Crippen LogP contribution in [0.4, 0.5) is 8.78 Å². The zero-order valence-corrected chi connectivity index (χ0v) is 6.90. The molecule has 0 fully saturated rings. The third-order valence-electron chi connectivity index (χ3n) is 1.58. The van der Waals surface area contributed by atoms with Crippen LogP contribution in [0.1, 0.15) is 11.7 Å². The number of hydrogen-bond acceptors (Lipinski definition) is 1. The summed E-state index contributed by atoms with van der Waals surface area (Å²) in [6, 6.07) is 8.65. The number of aliphatic hydroxyl groups excluding tert-OH is 1. The first-order valence-electron chi connectivity index (χ1n) is 3.89. The van der Waals surface area contributed by atoms with Crippen LogP contribution in [0.25, 0.3) is 0 Å². The normalized spacial score (nSPS) is 13.8. The number of benzene rings is 1. The maximum Gasteiger partial charge on any atom is 0.257 e. The first-order chi connectivity index (χ1) is 6.20. The lowest BCUT2D eigenvalue weighted by Gasteiger charge is -2.04.